The van der Waals surface area contributed by atoms with Crippen LogP contribution in [0.4, 0.5) is 0 Å². The molecule has 2 saturated heterocycles. The van der Waals surface area contributed by atoms with Crippen LogP contribution in [0, 0.1) is 5.92 Å². The van der Waals surface area contributed by atoms with Crippen molar-refractivity contribution in [2.24, 2.45) is 5.92 Å². The number of hydrogen-bond donors (Lipinski definition) is 2. The van der Waals surface area contributed by atoms with Crippen molar-refractivity contribution >= 4 is 5.91 Å². The first-order chi connectivity index (χ1) is 11.8. The lowest BCUT2D eigenvalue weighted by Gasteiger charge is -2.32. The van der Waals surface area contributed by atoms with E-state index in [1.54, 1.807) is 0 Å². The van der Waals surface area contributed by atoms with E-state index in [1.165, 1.54) is 18.4 Å². The Morgan fingerprint density at radius 1 is 1.25 bits per heavy atom. The summed E-state index contributed by atoms with van der Waals surface area (Å²) >= 11 is 0. The van der Waals surface area contributed by atoms with E-state index in [9.17, 15) is 4.79 Å². The summed E-state index contributed by atoms with van der Waals surface area (Å²) in [6.45, 7) is 6.22. The minimum Gasteiger partial charge on any atom is -0.366 e. The van der Waals surface area contributed by atoms with E-state index >= 15 is 0 Å². The second kappa shape index (κ2) is 9.16. The molecule has 0 bridgehead atoms. The van der Waals surface area contributed by atoms with Crippen molar-refractivity contribution in [3.05, 3.63) is 35.9 Å². The van der Waals surface area contributed by atoms with E-state index in [0.717, 1.165) is 45.1 Å². The Kier molecular flexibility index (Phi) is 6.64. The van der Waals surface area contributed by atoms with Gasteiger partial charge in [-0.25, -0.2) is 0 Å². The topological polar surface area (TPSA) is 53.6 Å². The van der Waals surface area contributed by atoms with Gasteiger partial charge < -0.3 is 15.4 Å². The fourth-order valence-electron chi connectivity index (χ4n) is 3.52. The Morgan fingerprint density at radius 2 is 2.04 bits per heavy atom. The number of piperidine rings is 1. The number of morpholine rings is 1. The smallest absolute Gasteiger partial charge is 0.250 e. The van der Waals surface area contributed by atoms with Crippen LogP contribution in [-0.2, 0) is 16.1 Å². The number of ether oxygens (including phenoxy) is 1. The molecule has 2 aliphatic heterocycles. The van der Waals surface area contributed by atoms with Gasteiger partial charge in [-0.2, -0.15) is 0 Å². The minimum absolute atomic E-state index is 0.0312. The van der Waals surface area contributed by atoms with Crippen LogP contribution < -0.4 is 10.6 Å². The van der Waals surface area contributed by atoms with Crippen molar-refractivity contribution in [1.82, 2.24) is 15.5 Å². The van der Waals surface area contributed by atoms with Gasteiger partial charge in [-0.3, -0.25) is 9.69 Å². The molecule has 24 heavy (non-hydrogen) atoms. The summed E-state index contributed by atoms with van der Waals surface area (Å²) in [5, 5.41) is 6.22. The Morgan fingerprint density at radius 3 is 2.75 bits per heavy atom. The van der Waals surface area contributed by atoms with Gasteiger partial charge in [0, 0.05) is 26.2 Å². The van der Waals surface area contributed by atoms with E-state index in [0.29, 0.717) is 13.2 Å². The molecular weight excluding hydrogens is 302 g/mol. The molecule has 2 aliphatic rings. The predicted octanol–water partition coefficient (Wildman–Crippen LogP) is 1.39. The second-order valence-corrected chi connectivity index (χ2v) is 6.85. The molecule has 1 unspecified atom stereocenters. The first kappa shape index (κ1) is 17.4. The van der Waals surface area contributed by atoms with E-state index in [1.807, 2.05) is 0 Å². The Balaban J connectivity index is 1.30. The molecular formula is C19H29N3O2. The Bertz CT molecular complexity index is 495. The summed E-state index contributed by atoms with van der Waals surface area (Å²) in [6, 6.07) is 10.7. The van der Waals surface area contributed by atoms with Crippen molar-refractivity contribution in [3.8, 4) is 0 Å². The lowest BCUT2D eigenvalue weighted by Crippen LogP contribution is -2.48. The van der Waals surface area contributed by atoms with Gasteiger partial charge in [-0.15, -0.1) is 0 Å². The van der Waals surface area contributed by atoms with Gasteiger partial charge in [-0.1, -0.05) is 30.3 Å². The maximum Gasteiger partial charge on any atom is 0.250 e. The quantitative estimate of drug-likeness (QED) is 0.827. The molecule has 1 aromatic carbocycles. The fourth-order valence-corrected chi connectivity index (χ4v) is 3.52. The van der Waals surface area contributed by atoms with Crippen molar-refractivity contribution < 1.29 is 9.53 Å². The van der Waals surface area contributed by atoms with E-state index in [-0.39, 0.29) is 12.0 Å². The van der Waals surface area contributed by atoms with Crippen LogP contribution in [0.1, 0.15) is 24.8 Å². The highest BCUT2D eigenvalue weighted by molar-refractivity contribution is 5.81. The Hall–Kier alpha value is -1.43. The van der Waals surface area contributed by atoms with Gasteiger partial charge in [0.05, 0.1) is 6.61 Å². The summed E-state index contributed by atoms with van der Waals surface area (Å²) in [7, 11) is 0. The average molecular weight is 331 g/mol. The molecule has 0 radical (unpaired) electrons. The summed E-state index contributed by atoms with van der Waals surface area (Å²) in [6.07, 6.45) is 3.21. The largest absolute Gasteiger partial charge is 0.366 e. The number of carbonyl (C=O) groups is 1. The predicted molar refractivity (Wildman–Crippen MR) is 94.7 cm³/mol. The molecule has 5 nitrogen and oxygen atoms in total. The lowest BCUT2D eigenvalue weighted by atomic mass is 9.93. The van der Waals surface area contributed by atoms with Crippen LogP contribution in [0.5, 0.6) is 0 Å². The van der Waals surface area contributed by atoms with Crippen molar-refractivity contribution in [2.45, 2.75) is 31.9 Å². The first-order valence-electron chi connectivity index (χ1n) is 9.17. The zero-order chi connectivity index (χ0) is 16.6. The Labute approximate surface area is 144 Å². The summed E-state index contributed by atoms with van der Waals surface area (Å²) < 4.78 is 5.47. The van der Waals surface area contributed by atoms with Crippen molar-refractivity contribution in [2.75, 3.05) is 39.3 Å². The van der Waals surface area contributed by atoms with Crippen LogP contribution in [-0.4, -0.2) is 56.2 Å². The van der Waals surface area contributed by atoms with Gasteiger partial charge in [0.15, 0.2) is 0 Å². The molecule has 5 heteroatoms. The lowest BCUT2D eigenvalue weighted by molar-refractivity contribution is -0.134. The number of rotatable bonds is 6. The average Bonchev–Trinajstić information content (AvgIpc) is 2.65. The fraction of sp³-hybridized carbons (Fsp3) is 0.632. The van der Waals surface area contributed by atoms with Crippen LogP contribution >= 0.6 is 0 Å². The highest BCUT2D eigenvalue weighted by atomic mass is 16.5. The summed E-state index contributed by atoms with van der Waals surface area (Å²) in [4.78, 5) is 14.5. The number of likely N-dealkylation sites (tertiary alicyclic amines) is 1. The van der Waals surface area contributed by atoms with Crippen molar-refractivity contribution in [3.63, 3.8) is 0 Å². The van der Waals surface area contributed by atoms with Crippen LogP contribution in [0.3, 0.4) is 0 Å². The zero-order valence-corrected chi connectivity index (χ0v) is 14.4. The molecule has 132 valence electrons. The van der Waals surface area contributed by atoms with Crippen LogP contribution in [0.2, 0.25) is 0 Å². The van der Waals surface area contributed by atoms with Gasteiger partial charge >= 0.3 is 0 Å². The van der Waals surface area contributed by atoms with Crippen LogP contribution in [0.25, 0.3) is 0 Å². The SMILES string of the molecule is O=C(NCCC1CCN(Cc2ccccc2)CC1)C1CNCCO1. The monoisotopic (exact) mass is 331 g/mol. The molecule has 0 saturated carbocycles. The molecule has 1 amide bonds. The number of carbonyl (C=O) groups excluding carboxylic acids is 1. The molecule has 3 rings (SSSR count). The third-order valence-electron chi connectivity index (χ3n) is 5.03. The molecule has 0 spiro atoms. The zero-order valence-electron chi connectivity index (χ0n) is 14.4. The second-order valence-electron chi connectivity index (χ2n) is 6.85. The molecule has 0 aliphatic carbocycles. The number of nitrogens with one attached hydrogen (secondary N) is 2. The number of benzene rings is 1. The van der Waals surface area contributed by atoms with Crippen LogP contribution in [0.15, 0.2) is 30.3 Å². The summed E-state index contributed by atoms with van der Waals surface area (Å²) in [5.74, 6) is 0.756. The van der Waals surface area contributed by atoms with Gasteiger partial charge in [-0.05, 0) is 43.8 Å². The normalized spacial score (nSPS) is 23.1. The van der Waals surface area contributed by atoms with Crippen molar-refractivity contribution in [1.29, 1.82) is 0 Å². The molecule has 1 atom stereocenters. The molecule has 2 N–H and O–H groups in total. The summed E-state index contributed by atoms with van der Waals surface area (Å²) in [5.41, 5.74) is 1.39. The van der Waals surface area contributed by atoms with E-state index < -0.39 is 0 Å². The van der Waals surface area contributed by atoms with Gasteiger partial charge in [0.2, 0.25) is 5.91 Å². The van der Waals surface area contributed by atoms with E-state index in [4.69, 9.17) is 4.74 Å². The standard InChI is InChI=1S/C19H29N3O2/c23-19(18-14-20-10-13-24-18)21-9-6-16-7-11-22(12-8-16)15-17-4-2-1-3-5-17/h1-5,16,18,20H,6-15H2,(H,21,23). The number of hydrogen-bond acceptors (Lipinski definition) is 4. The molecule has 1 aromatic rings. The number of nitrogens with zero attached hydrogens (tertiary/aromatic N) is 1. The van der Waals surface area contributed by atoms with E-state index in [2.05, 4.69) is 45.9 Å². The third-order valence-corrected chi connectivity index (χ3v) is 5.03. The third kappa shape index (κ3) is 5.30. The molecule has 0 aromatic heterocycles. The highest BCUT2D eigenvalue weighted by Gasteiger charge is 2.22. The van der Waals surface area contributed by atoms with Gasteiger partial charge in [0.25, 0.3) is 0 Å². The molecule has 2 fully saturated rings. The highest BCUT2D eigenvalue weighted by Crippen LogP contribution is 2.21. The minimum atomic E-state index is -0.313. The van der Waals surface area contributed by atoms with Gasteiger partial charge in [0.1, 0.15) is 6.10 Å². The number of amides is 1. The molecule has 2 heterocycles. The maximum absolute atomic E-state index is 12.0. The maximum atomic E-state index is 12.0. The first-order valence-corrected chi connectivity index (χ1v) is 9.17.